The van der Waals surface area contributed by atoms with Crippen molar-refractivity contribution in [1.82, 2.24) is 4.98 Å². The molecule has 0 saturated carbocycles. The Morgan fingerprint density at radius 2 is 2.19 bits per heavy atom. The van der Waals surface area contributed by atoms with Crippen LogP contribution in [0.5, 0.6) is 0 Å². The Hall–Kier alpha value is -0.650. The fraction of sp³-hybridized carbons (Fsp3) is 0.182. The molecule has 0 aromatic carbocycles. The summed E-state index contributed by atoms with van der Waals surface area (Å²) in [6, 6.07) is 7.35. The van der Waals surface area contributed by atoms with E-state index in [2.05, 4.69) is 36.8 Å². The van der Waals surface area contributed by atoms with Gasteiger partial charge in [0, 0.05) is 18.3 Å². The zero-order valence-electron chi connectivity index (χ0n) is 8.23. The molecule has 0 aliphatic rings. The maximum Gasteiger partial charge on any atom is 0.183 e. The fourth-order valence-corrected chi connectivity index (χ4v) is 1.95. The quantitative estimate of drug-likeness (QED) is 0.925. The van der Waals surface area contributed by atoms with Crippen molar-refractivity contribution in [2.24, 2.45) is 0 Å². The first-order valence-corrected chi connectivity index (χ1v) is 6.28. The largest absolute Gasteiger partial charge is 0.450 e. The van der Waals surface area contributed by atoms with Gasteiger partial charge in [-0.25, -0.2) is 0 Å². The third kappa shape index (κ3) is 2.72. The number of nitrogens with zero attached hydrogens (tertiary/aromatic N) is 1. The lowest BCUT2D eigenvalue weighted by molar-refractivity contribution is 0.147. The second-order valence-corrected chi connectivity index (χ2v) is 4.89. The van der Waals surface area contributed by atoms with Crippen LogP contribution in [0.1, 0.15) is 17.6 Å². The molecule has 2 aromatic rings. The number of halogens is 2. The number of furan rings is 1. The van der Waals surface area contributed by atoms with Crippen LogP contribution in [-0.4, -0.2) is 10.1 Å². The third-order valence-electron chi connectivity index (χ3n) is 2.12. The van der Waals surface area contributed by atoms with Gasteiger partial charge in [-0.1, -0.05) is 6.07 Å². The van der Waals surface area contributed by atoms with Gasteiger partial charge in [-0.15, -0.1) is 0 Å². The Kier molecular flexibility index (Phi) is 3.78. The van der Waals surface area contributed by atoms with E-state index in [0.717, 1.165) is 10.2 Å². The molecule has 0 amide bonds. The molecule has 0 aliphatic carbocycles. The average molecular weight is 347 g/mol. The van der Waals surface area contributed by atoms with E-state index in [-0.39, 0.29) is 0 Å². The van der Waals surface area contributed by atoms with Gasteiger partial charge in [-0.2, -0.15) is 0 Å². The van der Waals surface area contributed by atoms with Crippen LogP contribution in [0, 0.1) is 0 Å². The summed E-state index contributed by atoms with van der Waals surface area (Å²) in [5.74, 6) is 0.518. The van der Waals surface area contributed by atoms with E-state index < -0.39 is 6.10 Å². The summed E-state index contributed by atoms with van der Waals surface area (Å²) in [5, 5.41) is 9.94. The first-order chi connectivity index (χ1) is 7.66. The predicted octanol–water partition coefficient (Wildman–Crippen LogP) is 3.48. The second kappa shape index (κ2) is 5.12. The molecule has 16 heavy (non-hydrogen) atoms. The predicted molar refractivity (Wildman–Crippen MR) is 67.0 cm³/mol. The molecule has 2 heterocycles. The number of aliphatic hydroxyl groups is 1. The molecule has 0 aliphatic heterocycles. The molecule has 1 N–H and O–H groups in total. The lowest BCUT2D eigenvalue weighted by Gasteiger charge is -2.06. The van der Waals surface area contributed by atoms with Gasteiger partial charge >= 0.3 is 0 Å². The molecular weight excluding hydrogens is 338 g/mol. The summed E-state index contributed by atoms with van der Waals surface area (Å²) in [5.41, 5.74) is 0.832. The minimum absolute atomic E-state index is 0.438. The van der Waals surface area contributed by atoms with Crippen molar-refractivity contribution >= 4 is 31.9 Å². The summed E-state index contributed by atoms with van der Waals surface area (Å²) in [7, 11) is 0. The Balaban J connectivity index is 2.11. The molecule has 0 radical (unpaired) electrons. The lowest BCUT2D eigenvalue weighted by atomic mass is 10.1. The molecule has 84 valence electrons. The van der Waals surface area contributed by atoms with Gasteiger partial charge in [-0.3, -0.25) is 4.98 Å². The van der Waals surface area contributed by atoms with Gasteiger partial charge in [0.1, 0.15) is 11.9 Å². The van der Waals surface area contributed by atoms with Crippen LogP contribution in [-0.2, 0) is 6.42 Å². The van der Waals surface area contributed by atoms with E-state index in [1.165, 1.54) is 0 Å². The van der Waals surface area contributed by atoms with E-state index >= 15 is 0 Å². The SMILES string of the molecule is OC(Cc1ccccn1)c1cc(Br)c(Br)o1. The minimum atomic E-state index is -0.683. The number of pyridine rings is 1. The van der Waals surface area contributed by atoms with Crippen LogP contribution in [0.3, 0.4) is 0 Å². The van der Waals surface area contributed by atoms with Crippen LogP contribution in [0.15, 0.2) is 44.0 Å². The van der Waals surface area contributed by atoms with Crippen molar-refractivity contribution in [3.8, 4) is 0 Å². The number of rotatable bonds is 3. The van der Waals surface area contributed by atoms with Gasteiger partial charge < -0.3 is 9.52 Å². The Labute approximate surface area is 110 Å². The Bertz CT molecular complexity index is 451. The van der Waals surface area contributed by atoms with Gasteiger partial charge in [0.25, 0.3) is 0 Å². The summed E-state index contributed by atoms with van der Waals surface area (Å²) in [4.78, 5) is 4.15. The van der Waals surface area contributed by atoms with Gasteiger partial charge in [0.15, 0.2) is 4.67 Å². The van der Waals surface area contributed by atoms with Crippen LogP contribution in [0.2, 0.25) is 0 Å². The average Bonchev–Trinajstić information content (AvgIpc) is 2.61. The van der Waals surface area contributed by atoms with Crippen molar-refractivity contribution in [2.45, 2.75) is 12.5 Å². The van der Waals surface area contributed by atoms with Gasteiger partial charge in [0.05, 0.1) is 4.47 Å². The highest BCUT2D eigenvalue weighted by Crippen LogP contribution is 2.30. The van der Waals surface area contributed by atoms with E-state index in [1.54, 1.807) is 12.3 Å². The summed E-state index contributed by atoms with van der Waals surface area (Å²) < 4.78 is 6.72. The van der Waals surface area contributed by atoms with Crippen molar-refractivity contribution in [3.63, 3.8) is 0 Å². The third-order valence-corrected chi connectivity index (χ3v) is 3.83. The van der Waals surface area contributed by atoms with E-state index in [0.29, 0.717) is 16.9 Å². The van der Waals surface area contributed by atoms with E-state index in [1.807, 2.05) is 18.2 Å². The maximum atomic E-state index is 9.94. The Morgan fingerprint density at radius 3 is 2.75 bits per heavy atom. The van der Waals surface area contributed by atoms with Gasteiger partial charge in [0.2, 0.25) is 0 Å². The second-order valence-electron chi connectivity index (χ2n) is 3.31. The van der Waals surface area contributed by atoms with Crippen molar-refractivity contribution < 1.29 is 9.52 Å². The van der Waals surface area contributed by atoms with Crippen molar-refractivity contribution in [1.29, 1.82) is 0 Å². The number of hydrogen-bond acceptors (Lipinski definition) is 3. The van der Waals surface area contributed by atoms with Crippen molar-refractivity contribution in [2.75, 3.05) is 0 Å². The lowest BCUT2D eigenvalue weighted by Crippen LogP contribution is -2.01. The molecule has 1 unspecified atom stereocenters. The fourth-order valence-electron chi connectivity index (χ4n) is 1.35. The normalized spacial score (nSPS) is 12.7. The van der Waals surface area contributed by atoms with Crippen LogP contribution in [0.25, 0.3) is 0 Å². The highest BCUT2D eigenvalue weighted by Gasteiger charge is 2.15. The van der Waals surface area contributed by atoms with Crippen molar-refractivity contribution in [3.05, 3.63) is 51.1 Å². The molecule has 0 spiro atoms. The van der Waals surface area contributed by atoms with Crippen LogP contribution in [0.4, 0.5) is 0 Å². The Morgan fingerprint density at radius 1 is 1.38 bits per heavy atom. The topological polar surface area (TPSA) is 46.3 Å². The highest BCUT2D eigenvalue weighted by molar-refractivity contribution is 9.13. The molecule has 0 fully saturated rings. The molecule has 2 rings (SSSR count). The van der Waals surface area contributed by atoms with Crippen LogP contribution < -0.4 is 0 Å². The zero-order valence-corrected chi connectivity index (χ0v) is 11.4. The summed E-state index contributed by atoms with van der Waals surface area (Å²) in [6.07, 6.45) is 1.46. The zero-order chi connectivity index (χ0) is 11.5. The molecule has 0 bridgehead atoms. The van der Waals surface area contributed by atoms with E-state index in [4.69, 9.17) is 4.42 Å². The standard InChI is InChI=1S/C11H9Br2NO2/c12-8-6-10(16-11(8)13)9(15)5-7-3-1-2-4-14-7/h1-4,6,9,15H,5H2. The van der Waals surface area contributed by atoms with E-state index in [9.17, 15) is 5.11 Å². The number of hydrogen-bond donors (Lipinski definition) is 1. The molecule has 0 saturated heterocycles. The first kappa shape index (κ1) is 11.8. The summed E-state index contributed by atoms with van der Waals surface area (Å²) in [6.45, 7) is 0. The molecule has 2 aromatic heterocycles. The maximum absolute atomic E-state index is 9.94. The molecular formula is C11H9Br2NO2. The number of aromatic nitrogens is 1. The molecule has 1 atom stereocenters. The molecule has 3 nitrogen and oxygen atoms in total. The smallest absolute Gasteiger partial charge is 0.183 e. The summed E-state index contributed by atoms with van der Waals surface area (Å²) >= 11 is 6.53. The van der Waals surface area contributed by atoms with Crippen LogP contribution >= 0.6 is 31.9 Å². The first-order valence-electron chi connectivity index (χ1n) is 4.69. The number of aliphatic hydroxyl groups excluding tert-OH is 1. The molecule has 5 heteroatoms. The van der Waals surface area contributed by atoms with Gasteiger partial charge in [-0.05, 0) is 50.1 Å². The highest BCUT2D eigenvalue weighted by atomic mass is 79.9. The minimum Gasteiger partial charge on any atom is -0.450 e. The monoisotopic (exact) mass is 345 g/mol.